The summed E-state index contributed by atoms with van der Waals surface area (Å²) in [5.74, 6) is -1.19. The molecule has 0 spiro atoms. The summed E-state index contributed by atoms with van der Waals surface area (Å²) >= 11 is 0. The Morgan fingerprint density at radius 1 is 0.636 bits per heavy atom. The van der Waals surface area contributed by atoms with Crippen LogP contribution in [0.5, 0.6) is 0 Å². The van der Waals surface area contributed by atoms with Gasteiger partial charge < -0.3 is 18.9 Å². The molecule has 2 unspecified atom stereocenters. The van der Waals surface area contributed by atoms with Gasteiger partial charge in [0, 0.05) is 13.2 Å². The summed E-state index contributed by atoms with van der Waals surface area (Å²) in [5.41, 5.74) is -3.04. The van der Waals surface area contributed by atoms with Crippen LogP contribution >= 0.6 is 0 Å². The second kappa shape index (κ2) is 9.79. The van der Waals surface area contributed by atoms with Crippen molar-refractivity contribution in [3.05, 3.63) is 0 Å². The SMILES string of the molecule is CCOC(=O)C(CC)(OCC)C(CC)(OCC)C(=O)OCC. The van der Waals surface area contributed by atoms with Crippen LogP contribution in [-0.4, -0.2) is 49.6 Å². The van der Waals surface area contributed by atoms with E-state index in [1.54, 1.807) is 41.5 Å². The molecule has 0 saturated heterocycles. The third kappa shape index (κ3) is 3.79. The van der Waals surface area contributed by atoms with Gasteiger partial charge in [0.15, 0.2) is 0 Å². The Morgan fingerprint density at radius 3 is 1.14 bits per heavy atom. The molecule has 6 nitrogen and oxygen atoms in total. The second-order valence-electron chi connectivity index (χ2n) is 4.67. The molecule has 0 rings (SSSR count). The Kier molecular flexibility index (Phi) is 9.28. The highest BCUT2D eigenvalue weighted by Crippen LogP contribution is 2.39. The van der Waals surface area contributed by atoms with E-state index in [0.29, 0.717) is 0 Å². The molecule has 0 aromatic carbocycles. The summed E-state index contributed by atoms with van der Waals surface area (Å²) in [6.07, 6.45) is 0.485. The minimum Gasteiger partial charge on any atom is -0.464 e. The van der Waals surface area contributed by atoms with Crippen molar-refractivity contribution in [1.82, 2.24) is 0 Å². The van der Waals surface area contributed by atoms with Gasteiger partial charge in [0.25, 0.3) is 0 Å². The minimum atomic E-state index is -1.52. The van der Waals surface area contributed by atoms with Crippen LogP contribution in [0.1, 0.15) is 54.4 Å². The van der Waals surface area contributed by atoms with Crippen LogP contribution in [-0.2, 0) is 28.5 Å². The van der Waals surface area contributed by atoms with Crippen molar-refractivity contribution in [2.75, 3.05) is 26.4 Å². The molecular formula is C16H30O6. The lowest BCUT2D eigenvalue weighted by molar-refractivity contribution is -0.236. The van der Waals surface area contributed by atoms with Crippen molar-refractivity contribution in [2.24, 2.45) is 0 Å². The summed E-state index contributed by atoms with van der Waals surface area (Å²) in [5, 5.41) is 0. The summed E-state index contributed by atoms with van der Waals surface area (Å²) in [7, 11) is 0. The highest BCUT2D eigenvalue weighted by molar-refractivity contribution is 5.93. The van der Waals surface area contributed by atoms with Crippen LogP contribution in [0.2, 0.25) is 0 Å². The predicted octanol–water partition coefficient (Wildman–Crippen LogP) is 2.48. The van der Waals surface area contributed by atoms with Crippen LogP contribution in [0.25, 0.3) is 0 Å². The number of rotatable bonds is 11. The number of carbonyl (C=O) groups excluding carboxylic acids is 2. The molecule has 0 N–H and O–H groups in total. The summed E-state index contributed by atoms with van der Waals surface area (Å²) < 4.78 is 21.9. The van der Waals surface area contributed by atoms with Gasteiger partial charge >= 0.3 is 11.9 Å². The number of esters is 2. The molecule has 0 aromatic rings. The first-order chi connectivity index (χ1) is 10.5. The van der Waals surface area contributed by atoms with Crippen LogP contribution in [0.4, 0.5) is 0 Å². The first kappa shape index (κ1) is 20.9. The second-order valence-corrected chi connectivity index (χ2v) is 4.67. The fourth-order valence-corrected chi connectivity index (χ4v) is 2.73. The Bertz CT molecular complexity index is 323. The monoisotopic (exact) mass is 318 g/mol. The van der Waals surface area contributed by atoms with E-state index in [2.05, 4.69) is 0 Å². The predicted molar refractivity (Wildman–Crippen MR) is 82.6 cm³/mol. The van der Waals surface area contributed by atoms with Gasteiger partial charge in [-0.1, -0.05) is 13.8 Å². The van der Waals surface area contributed by atoms with Crippen molar-refractivity contribution < 1.29 is 28.5 Å². The van der Waals surface area contributed by atoms with Gasteiger partial charge in [0.1, 0.15) is 0 Å². The van der Waals surface area contributed by atoms with E-state index in [0.717, 1.165) is 0 Å². The molecule has 0 aliphatic rings. The lowest BCUT2D eigenvalue weighted by Gasteiger charge is -2.44. The molecule has 0 fully saturated rings. The molecule has 0 heterocycles. The molecular weight excluding hydrogens is 288 g/mol. The maximum Gasteiger partial charge on any atom is 0.342 e. The number of hydrogen-bond acceptors (Lipinski definition) is 6. The Hall–Kier alpha value is -1.14. The first-order valence-electron chi connectivity index (χ1n) is 8.08. The van der Waals surface area contributed by atoms with Gasteiger partial charge in [0.2, 0.25) is 11.2 Å². The fraction of sp³-hybridized carbons (Fsp3) is 0.875. The lowest BCUT2D eigenvalue weighted by atomic mass is 9.77. The van der Waals surface area contributed by atoms with Gasteiger partial charge in [-0.15, -0.1) is 0 Å². The van der Waals surface area contributed by atoms with E-state index in [1.165, 1.54) is 0 Å². The Labute approximate surface area is 133 Å². The van der Waals surface area contributed by atoms with E-state index in [1.807, 2.05) is 0 Å². The summed E-state index contributed by atoms with van der Waals surface area (Å²) in [6.45, 7) is 11.4. The van der Waals surface area contributed by atoms with Crippen molar-refractivity contribution in [2.45, 2.75) is 65.6 Å². The average molecular weight is 318 g/mol. The lowest BCUT2D eigenvalue weighted by Crippen LogP contribution is -2.66. The maximum absolute atomic E-state index is 12.6. The minimum absolute atomic E-state index is 0.197. The van der Waals surface area contributed by atoms with Gasteiger partial charge in [-0.2, -0.15) is 0 Å². The van der Waals surface area contributed by atoms with Crippen molar-refractivity contribution >= 4 is 11.9 Å². The molecule has 0 saturated carbocycles. The van der Waals surface area contributed by atoms with Crippen molar-refractivity contribution in [1.29, 1.82) is 0 Å². The van der Waals surface area contributed by atoms with Gasteiger partial charge in [0.05, 0.1) is 13.2 Å². The molecule has 6 heteroatoms. The molecule has 0 radical (unpaired) electrons. The highest BCUT2D eigenvalue weighted by Gasteiger charge is 2.63. The highest BCUT2D eigenvalue weighted by atomic mass is 16.6. The zero-order valence-corrected chi connectivity index (χ0v) is 14.7. The van der Waals surface area contributed by atoms with Gasteiger partial charge in [-0.05, 0) is 40.5 Å². The smallest absolute Gasteiger partial charge is 0.342 e. The van der Waals surface area contributed by atoms with Gasteiger partial charge in [-0.25, -0.2) is 9.59 Å². The Morgan fingerprint density at radius 2 is 0.955 bits per heavy atom. The summed E-state index contributed by atoms with van der Waals surface area (Å²) in [6, 6.07) is 0. The number of ether oxygens (including phenoxy) is 4. The van der Waals surface area contributed by atoms with Crippen LogP contribution in [0.15, 0.2) is 0 Å². The fourth-order valence-electron chi connectivity index (χ4n) is 2.73. The van der Waals surface area contributed by atoms with Crippen molar-refractivity contribution in [3.63, 3.8) is 0 Å². The molecule has 2 atom stereocenters. The van der Waals surface area contributed by atoms with Crippen LogP contribution in [0.3, 0.4) is 0 Å². The third-order valence-electron chi connectivity index (χ3n) is 3.64. The zero-order valence-electron chi connectivity index (χ0n) is 14.7. The molecule has 0 aliphatic heterocycles. The number of carbonyl (C=O) groups is 2. The zero-order chi connectivity index (χ0) is 17.2. The Balaban J connectivity index is 6.11. The van der Waals surface area contributed by atoms with E-state index in [4.69, 9.17) is 18.9 Å². The van der Waals surface area contributed by atoms with E-state index in [9.17, 15) is 9.59 Å². The molecule has 0 bridgehead atoms. The molecule has 0 aromatic heterocycles. The normalized spacial score (nSPS) is 16.5. The van der Waals surface area contributed by atoms with E-state index >= 15 is 0 Å². The molecule has 0 aliphatic carbocycles. The third-order valence-corrected chi connectivity index (χ3v) is 3.64. The molecule has 22 heavy (non-hydrogen) atoms. The van der Waals surface area contributed by atoms with Crippen LogP contribution in [0, 0.1) is 0 Å². The van der Waals surface area contributed by atoms with Crippen LogP contribution < -0.4 is 0 Å². The van der Waals surface area contributed by atoms with Crippen molar-refractivity contribution in [3.8, 4) is 0 Å². The summed E-state index contributed by atoms with van der Waals surface area (Å²) in [4.78, 5) is 25.3. The van der Waals surface area contributed by atoms with E-state index in [-0.39, 0.29) is 39.3 Å². The largest absolute Gasteiger partial charge is 0.464 e. The topological polar surface area (TPSA) is 71.1 Å². The average Bonchev–Trinajstić information content (AvgIpc) is 2.51. The standard InChI is InChI=1S/C16H30O6/c1-7-15(21-11-5,13(17)19-9-3)16(8-2,22-12-6)14(18)20-10-4/h7-12H2,1-6H3. The molecule has 130 valence electrons. The first-order valence-corrected chi connectivity index (χ1v) is 8.08. The molecule has 0 amide bonds. The number of hydrogen-bond donors (Lipinski definition) is 0. The van der Waals surface area contributed by atoms with Gasteiger partial charge in [-0.3, -0.25) is 0 Å². The quantitative estimate of drug-likeness (QED) is 0.545. The van der Waals surface area contributed by atoms with E-state index < -0.39 is 23.1 Å². The maximum atomic E-state index is 12.6.